The van der Waals surface area contributed by atoms with Crippen LogP contribution in [0, 0.1) is 5.92 Å². The zero-order chi connectivity index (χ0) is 13.8. The molecule has 3 heterocycles. The first-order chi connectivity index (χ1) is 9.84. The van der Waals surface area contributed by atoms with Crippen LogP contribution < -0.4 is 5.32 Å². The van der Waals surface area contributed by atoms with Gasteiger partial charge >= 0.3 is 0 Å². The van der Waals surface area contributed by atoms with Crippen molar-refractivity contribution in [2.24, 2.45) is 5.92 Å². The highest BCUT2D eigenvalue weighted by Crippen LogP contribution is 2.24. The molecule has 4 nitrogen and oxygen atoms in total. The van der Waals surface area contributed by atoms with Gasteiger partial charge in [-0.1, -0.05) is 0 Å². The van der Waals surface area contributed by atoms with Gasteiger partial charge in [0.05, 0.1) is 0 Å². The van der Waals surface area contributed by atoms with E-state index in [-0.39, 0.29) is 30.7 Å². The molecule has 0 radical (unpaired) electrons. The van der Waals surface area contributed by atoms with Crippen molar-refractivity contribution >= 4 is 30.7 Å². The van der Waals surface area contributed by atoms with E-state index in [0.717, 1.165) is 51.5 Å². The summed E-state index contributed by atoms with van der Waals surface area (Å²) in [6, 6.07) is 0.748. The van der Waals surface area contributed by atoms with Crippen molar-refractivity contribution in [3.8, 4) is 0 Å². The molecule has 3 rings (SSSR count). The van der Waals surface area contributed by atoms with Crippen LogP contribution in [0.2, 0.25) is 0 Å². The summed E-state index contributed by atoms with van der Waals surface area (Å²) in [4.78, 5) is 17.4. The van der Waals surface area contributed by atoms with Crippen LogP contribution >= 0.6 is 24.8 Å². The van der Waals surface area contributed by atoms with Crippen LogP contribution in [0.4, 0.5) is 0 Å². The lowest BCUT2D eigenvalue weighted by atomic mass is 9.96. The molecule has 3 aliphatic rings. The van der Waals surface area contributed by atoms with Crippen molar-refractivity contribution in [3.05, 3.63) is 0 Å². The van der Waals surface area contributed by atoms with E-state index >= 15 is 0 Å². The molecule has 3 fully saturated rings. The van der Waals surface area contributed by atoms with Gasteiger partial charge in [0, 0.05) is 25.0 Å². The Kier molecular flexibility index (Phi) is 9.07. The van der Waals surface area contributed by atoms with Crippen molar-refractivity contribution in [1.82, 2.24) is 15.1 Å². The molecule has 1 atom stereocenters. The summed E-state index contributed by atoms with van der Waals surface area (Å²) < 4.78 is 0. The van der Waals surface area contributed by atoms with Gasteiger partial charge in [0.2, 0.25) is 5.91 Å². The first kappa shape index (κ1) is 20.0. The molecular weight excluding hydrogens is 321 g/mol. The molecule has 1 unspecified atom stereocenters. The number of halogens is 2. The van der Waals surface area contributed by atoms with E-state index in [1.165, 1.54) is 38.8 Å². The molecule has 0 aromatic rings. The van der Waals surface area contributed by atoms with Crippen LogP contribution in [0.3, 0.4) is 0 Å². The third-order valence-corrected chi connectivity index (χ3v) is 5.36. The predicted molar refractivity (Wildman–Crippen MR) is 95.1 cm³/mol. The minimum atomic E-state index is 0. The van der Waals surface area contributed by atoms with Crippen molar-refractivity contribution in [2.45, 2.75) is 51.0 Å². The number of piperidine rings is 1. The summed E-state index contributed by atoms with van der Waals surface area (Å²) in [7, 11) is 0. The van der Waals surface area contributed by atoms with Crippen molar-refractivity contribution in [1.29, 1.82) is 0 Å². The lowest BCUT2D eigenvalue weighted by Crippen LogP contribution is -2.47. The summed E-state index contributed by atoms with van der Waals surface area (Å²) in [6.07, 6.45) is 8.39. The van der Waals surface area contributed by atoms with Gasteiger partial charge in [-0.3, -0.25) is 4.79 Å². The molecule has 22 heavy (non-hydrogen) atoms. The van der Waals surface area contributed by atoms with E-state index in [2.05, 4.69) is 15.1 Å². The van der Waals surface area contributed by atoms with Crippen LogP contribution in [0.25, 0.3) is 0 Å². The third-order valence-electron chi connectivity index (χ3n) is 5.36. The fraction of sp³-hybridized carbons (Fsp3) is 0.938. The number of amides is 1. The average Bonchev–Trinajstić information content (AvgIpc) is 2.89. The Bertz CT molecular complexity index is 321. The van der Waals surface area contributed by atoms with E-state index in [0.29, 0.717) is 5.91 Å². The van der Waals surface area contributed by atoms with Gasteiger partial charge in [0.25, 0.3) is 0 Å². The molecule has 3 saturated heterocycles. The standard InChI is InChI=1S/C16H29N3O.2ClH/c20-16(14-4-3-8-17-9-5-14)19-12-6-15(7-13-19)18-10-1-2-11-18;;/h14-15,17H,1-13H2;2*1H. The molecule has 1 amide bonds. The molecule has 0 aromatic carbocycles. The van der Waals surface area contributed by atoms with E-state index in [9.17, 15) is 4.79 Å². The molecule has 0 bridgehead atoms. The van der Waals surface area contributed by atoms with Crippen LogP contribution in [0.5, 0.6) is 0 Å². The Labute approximate surface area is 147 Å². The zero-order valence-corrected chi connectivity index (χ0v) is 15.1. The van der Waals surface area contributed by atoms with E-state index in [1.807, 2.05) is 0 Å². The Morgan fingerprint density at radius 3 is 2.18 bits per heavy atom. The molecule has 1 N–H and O–H groups in total. The maximum absolute atomic E-state index is 12.6. The van der Waals surface area contributed by atoms with E-state index < -0.39 is 0 Å². The Morgan fingerprint density at radius 1 is 0.818 bits per heavy atom. The monoisotopic (exact) mass is 351 g/mol. The summed E-state index contributed by atoms with van der Waals surface area (Å²) in [5, 5.41) is 3.40. The summed E-state index contributed by atoms with van der Waals surface area (Å²) in [5.74, 6) is 0.724. The number of carbonyl (C=O) groups is 1. The predicted octanol–water partition coefficient (Wildman–Crippen LogP) is 2.31. The number of hydrogen-bond donors (Lipinski definition) is 1. The number of nitrogens with zero attached hydrogens (tertiary/aromatic N) is 2. The average molecular weight is 352 g/mol. The number of hydrogen-bond acceptors (Lipinski definition) is 3. The lowest BCUT2D eigenvalue weighted by molar-refractivity contribution is -0.137. The Balaban J connectivity index is 0.00000121. The van der Waals surface area contributed by atoms with E-state index in [4.69, 9.17) is 0 Å². The number of carbonyl (C=O) groups excluding carboxylic acids is 1. The Hall–Kier alpha value is -0.0300. The Morgan fingerprint density at radius 2 is 1.50 bits per heavy atom. The zero-order valence-electron chi connectivity index (χ0n) is 13.5. The van der Waals surface area contributed by atoms with Gasteiger partial charge in [-0.25, -0.2) is 0 Å². The second-order valence-corrected chi connectivity index (χ2v) is 6.68. The van der Waals surface area contributed by atoms with Crippen LogP contribution in [-0.2, 0) is 4.79 Å². The first-order valence-corrected chi connectivity index (χ1v) is 8.58. The van der Waals surface area contributed by atoms with Crippen LogP contribution in [0.1, 0.15) is 44.9 Å². The highest BCUT2D eigenvalue weighted by Gasteiger charge is 2.31. The second kappa shape index (κ2) is 9.96. The summed E-state index contributed by atoms with van der Waals surface area (Å²) in [6.45, 7) is 6.65. The highest BCUT2D eigenvalue weighted by atomic mass is 35.5. The molecular formula is C16H31Cl2N3O. The molecule has 6 heteroatoms. The van der Waals surface area contributed by atoms with Gasteiger partial charge < -0.3 is 15.1 Å². The summed E-state index contributed by atoms with van der Waals surface area (Å²) in [5.41, 5.74) is 0. The van der Waals surface area contributed by atoms with Gasteiger partial charge in [0.15, 0.2) is 0 Å². The largest absolute Gasteiger partial charge is 0.342 e. The van der Waals surface area contributed by atoms with Gasteiger partial charge in [0.1, 0.15) is 0 Å². The highest BCUT2D eigenvalue weighted by molar-refractivity contribution is 5.85. The molecule has 130 valence electrons. The molecule has 0 saturated carbocycles. The fourth-order valence-corrected chi connectivity index (χ4v) is 4.08. The van der Waals surface area contributed by atoms with Crippen molar-refractivity contribution in [2.75, 3.05) is 39.3 Å². The maximum Gasteiger partial charge on any atom is 0.225 e. The van der Waals surface area contributed by atoms with Gasteiger partial charge in [-0.05, 0) is 71.1 Å². The van der Waals surface area contributed by atoms with Crippen LogP contribution in [0.15, 0.2) is 0 Å². The smallest absolute Gasteiger partial charge is 0.225 e. The minimum Gasteiger partial charge on any atom is -0.342 e. The summed E-state index contributed by atoms with van der Waals surface area (Å²) >= 11 is 0. The topological polar surface area (TPSA) is 35.6 Å². The first-order valence-electron chi connectivity index (χ1n) is 8.58. The van der Waals surface area contributed by atoms with Crippen LogP contribution in [-0.4, -0.2) is 61.0 Å². The third kappa shape index (κ3) is 4.98. The van der Waals surface area contributed by atoms with Gasteiger partial charge in [-0.2, -0.15) is 0 Å². The molecule has 0 aromatic heterocycles. The van der Waals surface area contributed by atoms with Gasteiger partial charge in [-0.15, -0.1) is 24.8 Å². The van der Waals surface area contributed by atoms with Crippen molar-refractivity contribution < 1.29 is 4.79 Å². The lowest BCUT2D eigenvalue weighted by Gasteiger charge is -2.38. The number of rotatable bonds is 2. The number of nitrogens with one attached hydrogen (secondary N) is 1. The number of likely N-dealkylation sites (tertiary alicyclic amines) is 2. The second-order valence-electron chi connectivity index (χ2n) is 6.68. The molecule has 0 aliphatic carbocycles. The quantitative estimate of drug-likeness (QED) is 0.828. The minimum absolute atomic E-state index is 0. The normalized spacial score (nSPS) is 27.6. The molecule has 0 spiro atoms. The fourth-order valence-electron chi connectivity index (χ4n) is 4.08. The van der Waals surface area contributed by atoms with E-state index in [1.54, 1.807) is 0 Å². The SMILES string of the molecule is Cl.Cl.O=C(C1CCCNCC1)N1CCC(N2CCCC2)CC1. The molecule has 3 aliphatic heterocycles. The maximum atomic E-state index is 12.6. The van der Waals surface area contributed by atoms with Crippen molar-refractivity contribution in [3.63, 3.8) is 0 Å².